The summed E-state index contributed by atoms with van der Waals surface area (Å²) in [7, 11) is 3.25. The zero-order valence-electron chi connectivity index (χ0n) is 14.9. The van der Waals surface area contributed by atoms with Crippen LogP contribution in [0.3, 0.4) is 0 Å². The van der Waals surface area contributed by atoms with Gasteiger partial charge in [-0.3, -0.25) is 9.69 Å². The van der Waals surface area contributed by atoms with Crippen molar-refractivity contribution >= 4 is 29.9 Å². The number of ether oxygens (including phenoxy) is 2. The molecule has 0 radical (unpaired) electrons. The second kappa shape index (κ2) is 8.47. The minimum absolute atomic E-state index is 0. The maximum atomic E-state index is 11.5. The first-order chi connectivity index (χ1) is 11.5. The van der Waals surface area contributed by atoms with Crippen LogP contribution in [0.4, 0.5) is 0 Å². The van der Waals surface area contributed by atoms with Gasteiger partial charge in [0, 0.05) is 44.2 Å². The molecule has 0 unspecified atom stereocenters. The highest BCUT2D eigenvalue weighted by Gasteiger charge is 2.42. The molecule has 1 aliphatic carbocycles. The van der Waals surface area contributed by atoms with Crippen molar-refractivity contribution in [2.75, 3.05) is 27.3 Å². The summed E-state index contributed by atoms with van der Waals surface area (Å²) in [6.45, 7) is 4.22. The summed E-state index contributed by atoms with van der Waals surface area (Å²) >= 11 is 6.27. The van der Waals surface area contributed by atoms with E-state index in [9.17, 15) is 4.79 Å². The summed E-state index contributed by atoms with van der Waals surface area (Å²) in [6.07, 6.45) is 2.57. The average Bonchev–Trinajstić information content (AvgIpc) is 3.30. The molecule has 1 heterocycles. The number of halogens is 2. The van der Waals surface area contributed by atoms with Crippen molar-refractivity contribution < 1.29 is 14.3 Å². The van der Waals surface area contributed by atoms with Crippen LogP contribution in [0.5, 0.6) is 11.5 Å². The molecular weight excluding hydrogens is 363 g/mol. The number of rotatable bonds is 6. The minimum Gasteiger partial charge on any atom is -0.496 e. The summed E-state index contributed by atoms with van der Waals surface area (Å²) in [5.41, 5.74) is 1.04. The normalized spacial score (nSPS) is 23.0. The van der Waals surface area contributed by atoms with Crippen LogP contribution in [0.15, 0.2) is 12.1 Å². The third kappa shape index (κ3) is 4.72. The maximum absolute atomic E-state index is 11.5. The first-order valence-electron chi connectivity index (χ1n) is 8.41. The fourth-order valence-electron chi connectivity index (χ4n) is 3.75. The van der Waals surface area contributed by atoms with Crippen LogP contribution in [-0.2, 0) is 11.3 Å². The molecule has 5 nitrogen and oxygen atoms in total. The van der Waals surface area contributed by atoms with Gasteiger partial charge in [-0.15, -0.1) is 12.4 Å². The van der Waals surface area contributed by atoms with E-state index in [1.54, 1.807) is 21.1 Å². The van der Waals surface area contributed by atoms with E-state index in [0.717, 1.165) is 36.9 Å². The van der Waals surface area contributed by atoms with Gasteiger partial charge in [0.2, 0.25) is 5.91 Å². The molecule has 2 atom stereocenters. The van der Waals surface area contributed by atoms with Crippen molar-refractivity contribution in [1.29, 1.82) is 0 Å². The van der Waals surface area contributed by atoms with Crippen LogP contribution < -0.4 is 14.8 Å². The summed E-state index contributed by atoms with van der Waals surface area (Å²) in [6, 6.07) is 3.99. The molecule has 2 fully saturated rings. The maximum Gasteiger partial charge on any atom is 0.217 e. The van der Waals surface area contributed by atoms with Gasteiger partial charge >= 0.3 is 0 Å². The van der Waals surface area contributed by atoms with Crippen molar-refractivity contribution in [3.05, 3.63) is 22.7 Å². The Labute approximate surface area is 160 Å². The molecule has 1 amide bonds. The summed E-state index contributed by atoms with van der Waals surface area (Å²) in [5.74, 6) is 2.76. The Bertz CT molecular complexity index is 623. The average molecular weight is 389 g/mol. The van der Waals surface area contributed by atoms with Crippen LogP contribution in [0, 0.1) is 11.8 Å². The van der Waals surface area contributed by atoms with Gasteiger partial charge in [-0.2, -0.15) is 0 Å². The molecule has 1 saturated heterocycles. The van der Waals surface area contributed by atoms with Gasteiger partial charge in [0.15, 0.2) is 0 Å². The Hall–Kier alpha value is -1.17. The van der Waals surface area contributed by atoms with E-state index in [0.29, 0.717) is 16.7 Å². The molecule has 0 bridgehead atoms. The third-order valence-electron chi connectivity index (χ3n) is 5.01. The summed E-state index contributed by atoms with van der Waals surface area (Å²) in [4.78, 5) is 13.9. The van der Waals surface area contributed by atoms with E-state index >= 15 is 0 Å². The van der Waals surface area contributed by atoms with Crippen LogP contribution in [-0.4, -0.2) is 44.2 Å². The Morgan fingerprint density at radius 3 is 2.48 bits per heavy atom. The van der Waals surface area contributed by atoms with Crippen molar-refractivity contribution in [2.24, 2.45) is 11.8 Å². The van der Waals surface area contributed by atoms with Gasteiger partial charge in [0.25, 0.3) is 0 Å². The van der Waals surface area contributed by atoms with Gasteiger partial charge in [-0.05, 0) is 30.7 Å². The van der Waals surface area contributed by atoms with E-state index in [4.69, 9.17) is 21.1 Å². The molecule has 25 heavy (non-hydrogen) atoms. The first-order valence-corrected chi connectivity index (χ1v) is 8.79. The molecule has 1 aliphatic heterocycles. The van der Waals surface area contributed by atoms with E-state index < -0.39 is 0 Å². The lowest BCUT2D eigenvalue weighted by Crippen LogP contribution is -2.39. The quantitative estimate of drug-likeness (QED) is 0.812. The standard InChI is InChI=1S/C18H25ClN2O3.ClH/c1-11(22)20-16-10-21(9-14(16)12-4-5-12)8-13-6-15(19)18(24-3)7-17(13)23-2;/h6-7,12,14,16H,4-5,8-10H2,1-3H3,(H,20,22);1H/t14-,16+;/m1./s1. The molecule has 3 rings (SSSR count). The zero-order valence-corrected chi connectivity index (χ0v) is 16.5. The van der Waals surface area contributed by atoms with Gasteiger partial charge in [0.05, 0.1) is 19.2 Å². The lowest BCUT2D eigenvalue weighted by atomic mass is 9.98. The van der Waals surface area contributed by atoms with Gasteiger partial charge in [-0.1, -0.05) is 11.6 Å². The molecule has 0 spiro atoms. The molecule has 1 N–H and O–H groups in total. The molecule has 7 heteroatoms. The minimum atomic E-state index is 0. The Kier molecular flexibility index (Phi) is 6.83. The van der Waals surface area contributed by atoms with Gasteiger partial charge < -0.3 is 14.8 Å². The van der Waals surface area contributed by atoms with Gasteiger partial charge in [-0.25, -0.2) is 0 Å². The number of carbonyl (C=O) groups excluding carboxylic acids is 1. The smallest absolute Gasteiger partial charge is 0.217 e. The molecule has 1 aromatic rings. The number of carbonyl (C=O) groups is 1. The van der Waals surface area contributed by atoms with E-state index in [2.05, 4.69) is 10.2 Å². The zero-order chi connectivity index (χ0) is 17.3. The second-order valence-electron chi connectivity index (χ2n) is 6.80. The van der Waals surface area contributed by atoms with Gasteiger partial charge in [0.1, 0.15) is 11.5 Å². The lowest BCUT2D eigenvalue weighted by molar-refractivity contribution is -0.119. The highest BCUT2D eigenvalue weighted by atomic mass is 35.5. The molecule has 0 aromatic heterocycles. The third-order valence-corrected chi connectivity index (χ3v) is 5.30. The predicted molar refractivity (Wildman–Crippen MR) is 101 cm³/mol. The number of amides is 1. The number of hydrogen-bond acceptors (Lipinski definition) is 4. The number of benzene rings is 1. The van der Waals surface area contributed by atoms with Crippen LogP contribution in [0.1, 0.15) is 25.3 Å². The number of nitrogens with zero attached hydrogens (tertiary/aromatic N) is 1. The summed E-state index contributed by atoms with van der Waals surface area (Å²) in [5, 5.41) is 3.72. The van der Waals surface area contributed by atoms with E-state index in [-0.39, 0.29) is 24.4 Å². The summed E-state index contributed by atoms with van der Waals surface area (Å²) < 4.78 is 10.8. The van der Waals surface area contributed by atoms with Crippen molar-refractivity contribution in [1.82, 2.24) is 10.2 Å². The molecular formula is C18H26Cl2N2O3. The highest BCUT2D eigenvalue weighted by molar-refractivity contribution is 6.32. The predicted octanol–water partition coefficient (Wildman–Crippen LogP) is 3.13. The van der Waals surface area contributed by atoms with Crippen LogP contribution in [0.2, 0.25) is 5.02 Å². The molecule has 140 valence electrons. The molecule has 1 saturated carbocycles. The van der Waals surface area contributed by atoms with Crippen LogP contribution >= 0.6 is 24.0 Å². The monoisotopic (exact) mass is 388 g/mol. The largest absolute Gasteiger partial charge is 0.496 e. The number of likely N-dealkylation sites (tertiary alicyclic amines) is 1. The molecule has 2 aliphatic rings. The Morgan fingerprint density at radius 1 is 1.24 bits per heavy atom. The number of hydrogen-bond donors (Lipinski definition) is 1. The fourth-order valence-corrected chi connectivity index (χ4v) is 4.01. The lowest BCUT2D eigenvalue weighted by Gasteiger charge is -2.19. The van der Waals surface area contributed by atoms with Crippen molar-refractivity contribution in [2.45, 2.75) is 32.4 Å². The highest BCUT2D eigenvalue weighted by Crippen LogP contribution is 2.42. The van der Waals surface area contributed by atoms with E-state index in [1.165, 1.54) is 12.8 Å². The Balaban J connectivity index is 0.00000225. The fraction of sp³-hybridized carbons (Fsp3) is 0.611. The first kappa shape index (κ1) is 20.1. The number of methoxy groups -OCH3 is 2. The van der Waals surface area contributed by atoms with Crippen molar-refractivity contribution in [3.8, 4) is 11.5 Å². The topological polar surface area (TPSA) is 50.8 Å². The van der Waals surface area contributed by atoms with Crippen LogP contribution in [0.25, 0.3) is 0 Å². The molecule has 1 aromatic carbocycles. The Morgan fingerprint density at radius 2 is 1.92 bits per heavy atom. The SMILES string of the molecule is COc1cc(OC)c(CN2C[C@H](NC(C)=O)[C@@H](C3CC3)C2)cc1Cl.Cl. The second-order valence-corrected chi connectivity index (χ2v) is 7.21. The van der Waals surface area contributed by atoms with E-state index in [1.807, 2.05) is 12.1 Å². The number of nitrogens with one attached hydrogen (secondary N) is 1. The van der Waals surface area contributed by atoms with Crippen molar-refractivity contribution in [3.63, 3.8) is 0 Å².